The van der Waals surface area contributed by atoms with Crippen LogP contribution in [0.5, 0.6) is 5.75 Å². The lowest BCUT2D eigenvalue weighted by atomic mass is 10.1. The summed E-state index contributed by atoms with van der Waals surface area (Å²) >= 11 is 3.50. The van der Waals surface area contributed by atoms with E-state index in [2.05, 4.69) is 45.1 Å². The third kappa shape index (κ3) is 4.44. The van der Waals surface area contributed by atoms with Crippen LogP contribution in [-0.4, -0.2) is 49.0 Å². The summed E-state index contributed by atoms with van der Waals surface area (Å²) in [5.41, 5.74) is 2.84. The van der Waals surface area contributed by atoms with Crippen LogP contribution in [0.15, 0.2) is 51.4 Å². The molecule has 1 aliphatic rings. The van der Waals surface area contributed by atoms with Crippen LogP contribution in [0.3, 0.4) is 0 Å². The first-order valence-electron chi connectivity index (χ1n) is 9.39. The highest BCUT2D eigenvalue weighted by Gasteiger charge is 2.27. The van der Waals surface area contributed by atoms with Crippen molar-refractivity contribution < 1.29 is 13.9 Å². The molecular formula is C22H24BrClN2O3. The molecule has 1 aliphatic heterocycles. The summed E-state index contributed by atoms with van der Waals surface area (Å²) in [6.07, 6.45) is 0. The van der Waals surface area contributed by atoms with Crippen LogP contribution in [0.2, 0.25) is 0 Å². The molecule has 1 aromatic heterocycles. The number of nitrogens with zero attached hydrogens (tertiary/aromatic N) is 2. The highest BCUT2D eigenvalue weighted by atomic mass is 79.9. The summed E-state index contributed by atoms with van der Waals surface area (Å²) < 4.78 is 12.1. The van der Waals surface area contributed by atoms with Crippen LogP contribution in [0.4, 0.5) is 0 Å². The van der Waals surface area contributed by atoms with Crippen molar-refractivity contribution in [2.75, 3.05) is 33.3 Å². The molecule has 1 saturated heterocycles. The van der Waals surface area contributed by atoms with Crippen molar-refractivity contribution in [3.8, 4) is 5.75 Å². The summed E-state index contributed by atoms with van der Waals surface area (Å²) in [4.78, 5) is 17.3. The predicted octanol–water partition coefficient (Wildman–Crippen LogP) is 4.89. The Kier molecular flexibility index (Phi) is 6.88. The minimum absolute atomic E-state index is 0. The molecule has 0 atom stereocenters. The van der Waals surface area contributed by atoms with Crippen molar-refractivity contribution in [1.82, 2.24) is 9.80 Å². The SMILES string of the molecule is COc1cc2oc(C(=O)N3CCN(Cc4ccccc4)CC3)c(C)c2cc1Br.Cl. The van der Waals surface area contributed by atoms with Crippen LogP contribution in [0.1, 0.15) is 21.7 Å². The second-order valence-electron chi connectivity index (χ2n) is 7.09. The largest absolute Gasteiger partial charge is 0.495 e. The topological polar surface area (TPSA) is 45.9 Å². The van der Waals surface area contributed by atoms with Gasteiger partial charge in [0.25, 0.3) is 5.91 Å². The Morgan fingerprint density at radius 2 is 1.83 bits per heavy atom. The van der Waals surface area contributed by atoms with Gasteiger partial charge in [0.1, 0.15) is 11.3 Å². The first kappa shape index (κ1) is 21.7. The van der Waals surface area contributed by atoms with Gasteiger partial charge in [0.15, 0.2) is 5.76 Å². The monoisotopic (exact) mass is 478 g/mol. The van der Waals surface area contributed by atoms with E-state index in [0.717, 1.165) is 35.1 Å². The molecule has 2 aromatic carbocycles. The maximum atomic E-state index is 13.1. The first-order valence-corrected chi connectivity index (χ1v) is 10.2. The Hall–Kier alpha value is -2.02. The third-order valence-corrected chi connectivity index (χ3v) is 5.93. The summed E-state index contributed by atoms with van der Waals surface area (Å²) in [6.45, 7) is 5.98. The van der Waals surface area contributed by atoms with Crippen LogP contribution in [0, 0.1) is 6.92 Å². The van der Waals surface area contributed by atoms with Crippen LogP contribution in [0.25, 0.3) is 11.0 Å². The van der Waals surface area contributed by atoms with E-state index in [1.54, 1.807) is 7.11 Å². The molecule has 29 heavy (non-hydrogen) atoms. The van der Waals surface area contributed by atoms with Crippen LogP contribution < -0.4 is 4.74 Å². The molecule has 154 valence electrons. The van der Waals surface area contributed by atoms with E-state index in [9.17, 15) is 4.79 Å². The summed E-state index contributed by atoms with van der Waals surface area (Å²) in [6, 6.07) is 14.2. The minimum Gasteiger partial charge on any atom is -0.495 e. The van der Waals surface area contributed by atoms with E-state index in [4.69, 9.17) is 9.15 Å². The average molecular weight is 480 g/mol. The second kappa shape index (κ2) is 9.20. The number of carbonyl (C=O) groups is 1. The summed E-state index contributed by atoms with van der Waals surface area (Å²) in [5, 5.41) is 0.929. The molecule has 7 heteroatoms. The van der Waals surface area contributed by atoms with Crippen molar-refractivity contribution in [3.05, 3.63) is 63.8 Å². The zero-order valence-electron chi connectivity index (χ0n) is 16.5. The molecule has 0 aliphatic carbocycles. The number of hydrogen-bond acceptors (Lipinski definition) is 4. The molecule has 0 radical (unpaired) electrons. The number of furan rings is 1. The average Bonchev–Trinajstić information content (AvgIpc) is 3.04. The molecule has 3 aromatic rings. The smallest absolute Gasteiger partial charge is 0.289 e. The van der Waals surface area contributed by atoms with E-state index in [1.165, 1.54) is 5.56 Å². The van der Waals surface area contributed by atoms with Gasteiger partial charge in [-0.05, 0) is 34.5 Å². The van der Waals surface area contributed by atoms with Gasteiger partial charge in [0, 0.05) is 49.7 Å². The molecule has 2 heterocycles. The molecule has 0 unspecified atom stereocenters. The number of amides is 1. The fraction of sp³-hybridized carbons (Fsp3) is 0.318. The van der Waals surface area contributed by atoms with Gasteiger partial charge < -0.3 is 14.1 Å². The molecule has 0 spiro atoms. The van der Waals surface area contributed by atoms with E-state index >= 15 is 0 Å². The van der Waals surface area contributed by atoms with Crippen molar-refractivity contribution in [2.45, 2.75) is 13.5 Å². The van der Waals surface area contributed by atoms with Gasteiger partial charge in [-0.25, -0.2) is 0 Å². The Morgan fingerprint density at radius 1 is 1.14 bits per heavy atom. The van der Waals surface area contributed by atoms with Gasteiger partial charge in [-0.1, -0.05) is 30.3 Å². The van der Waals surface area contributed by atoms with Gasteiger partial charge in [-0.3, -0.25) is 9.69 Å². The molecule has 0 N–H and O–H groups in total. The Balaban J connectivity index is 0.00000240. The molecule has 1 fully saturated rings. The number of rotatable bonds is 4. The second-order valence-corrected chi connectivity index (χ2v) is 7.95. The maximum Gasteiger partial charge on any atom is 0.289 e. The number of fused-ring (bicyclic) bond motifs is 1. The van der Waals surface area contributed by atoms with Crippen molar-refractivity contribution >= 4 is 45.2 Å². The van der Waals surface area contributed by atoms with Gasteiger partial charge in [-0.2, -0.15) is 0 Å². The molecule has 0 saturated carbocycles. The minimum atomic E-state index is -0.0387. The van der Waals surface area contributed by atoms with Crippen LogP contribution in [-0.2, 0) is 6.54 Å². The molecule has 5 nitrogen and oxygen atoms in total. The number of methoxy groups -OCH3 is 1. The third-order valence-electron chi connectivity index (χ3n) is 5.31. The van der Waals surface area contributed by atoms with Gasteiger partial charge in [0.05, 0.1) is 11.6 Å². The highest BCUT2D eigenvalue weighted by Crippen LogP contribution is 2.35. The quantitative estimate of drug-likeness (QED) is 0.534. The molecular weight excluding hydrogens is 456 g/mol. The summed E-state index contributed by atoms with van der Waals surface area (Å²) in [5.74, 6) is 1.07. The Labute approximate surface area is 185 Å². The first-order chi connectivity index (χ1) is 13.6. The van der Waals surface area contributed by atoms with E-state index in [0.29, 0.717) is 30.2 Å². The van der Waals surface area contributed by atoms with Gasteiger partial charge in [-0.15, -0.1) is 12.4 Å². The number of aryl methyl sites for hydroxylation is 1. The zero-order chi connectivity index (χ0) is 19.7. The van der Waals surface area contributed by atoms with Crippen molar-refractivity contribution in [3.63, 3.8) is 0 Å². The zero-order valence-corrected chi connectivity index (χ0v) is 18.9. The lowest BCUT2D eigenvalue weighted by Crippen LogP contribution is -2.48. The summed E-state index contributed by atoms with van der Waals surface area (Å²) in [7, 11) is 1.61. The number of benzene rings is 2. The molecule has 1 amide bonds. The van der Waals surface area contributed by atoms with Crippen LogP contribution >= 0.6 is 28.3 Å². The molecule has 4 rings (SSSR count). The number of hydrogen-bond donors (Lipinski definition) is 0. The fourth-order valence-corrected chi connectivity index (χ4v) is 4.18. The standard InChI is InChI=1S/C22H23BrN2O3.ClH/c1-15-17-12-18(23)20(27-2)13-19(17)28-21(15)22(26)25-10-8-24(9-11-25)14-16-6-4-3-5-7-16;/h3-7,12-13H,8-11,14H2,1-2H3;1H. The Bertz CT molecular complexity index is 998. The highest BCUT2D eigenvalue weighted by molar-refractivity contribution is 9.10. The number of carbonyl (C=O) groups excluding carboxylic acids is 1. The fourth-order valence-electron chi connectivity index (χ4n) is 3.68. The van der Waals surface area contributed by atoms with Gasteiger partial charge >= 0.3 is 0 Å². The van der Waals surface area contributed by atoms with E-state index in [-0.39, 0.29) is 18.3 Å². The molecule has 0 bridgehead atoms. The normalized spacial score (nSPS) is 14.7. The van der Waals surface area contributed by atoms with E-state index < -0.39 is 0 Å². The Morgan fingerprint density at radius 3 is 2.48 bits per heavy atom. The predicted molar refractivity (Wildman–Crippen MR) is 120 cm³/mol. The number of ether oxygens (including phenoxy) is 1. The maximum absolute atomic E-state index is 13.1. The van der Waals surface area contributed by atoms with E-state index in [1.807, 2.05) is 30.0 Å². The lowest BCUT2D eigenvalue weighted by Gasteiger charge is -2.34. The van der Waals surface area contributed by atoms with Crippen molar-refractivity contribution in [2.24, 2.45) is 0 Å². The van der Waals surface area contributed by atoms with Gasteiger partial charge in [0.2, 0.25) is 0 Å². The lowest BCUT2D eigenvalue weighted by molar-refractivity contribution is 0.0599. The number of halogens is 2. The van der Waals surface area contributed by atoms with Crippen molar-refractivity contribution in [1.29, 1.82) is 0 Å². The number of piperazine rings is 1.